The van der Waals surface area contributed by atoms with Gasteiger partial charge in [0.1, 0.15) is 12.2 Å². The molecule has 2 N–H and O–H groups in total. The van der Waals surface area contributed by atoms with E-state index < -0.39 is 0 Å². The first-order valence-electron chi connectivity index (χ1n) is 8.57. The second kappa shape index (κ2) is 8.10. The van der Waals surface area contributed by atoms with Gasteiger partial charge in [0.25, 0.3) is 5.91 Å². The Kier molecular flexibility index (Phi) is 5.84. The average molecular weight is 395 g/mol. The Hall–Kier alpha value is -2.05. The number of carbonyl (C=O) groups is 2. The molecule has 1 aliphatic rings. The number of hydrogen-bond acceptors (Lipinski definition) is 3. The van der Waals surface area contributed by atoms with Gasteiger partial charge in [0.2, 0.25) is 5.91 Å². The predicted octanol–water partition coefficient (Wildman–Crippen LogP) is 4.08. The first-order valence-corrected chi connectivity index (χ1v) is 9.33. The zero-order valence-corrected chi connectivity index (χ0v) is 15.9. The maximum atomic E-state index is 12.7. The highest BCUT2D eigenvalue weighted by Gasteiger charge is 2.28. The number of carbonyl (C=O) groups excluding carboxylic acids is 2. The minimum absolute atomic E-state index is 0.0722. The van der Waals surface area contributed by atoms with Crippen LogP contribution < -0.4 is 5.32 Å². The SMILES string of the molecule is CCCN(CC(=O)Nc1ccc(Cl)cc1Cl)C(=O)c1cc(C2CC2)[nH]n1. The molecule has 0 spiro atoms. The van der Waals surface area contributed by atoms with E-state index in [0.29, 0.717) is 33.9 Å². The molecule has 1 heterocycles. The lowest BCUT2D eigenvalue weighted by Gasteiger charge is -2.20. The molecular weight excluding hydrogens is 375 g/mol. The first kappa shape index (κ1) is 18.7. The van der Waals surface area contributed by atoms with Crippen LogP contribution in [0.2, 0.25) is 10.0 Å². The van der Waals surface area contributed by atoms with Crippen LogP contribution in [0.15, 0.2) is 24.3 Å². The standard InChI is InChI=1S/C18H20Cl2N4O2/c1-2-7-24(18(26)16-9-15(22-23-16)11-3-4-11)10-17(25)21-14-6-5-12(19)8-13(14)20/h5-6,8-9,11H,2-4,7,10H2,1H3,(H,21,25)(H,22,23). The van der Waals surface area contributed by atoms with E-state index >= 15 is 0 Å². The van der Waals surface area contributed by atoms with Crippen molar-refractivity contribution in [3.63, 3.8) is 0 Å². The number of amides is 2. The van der Waals surface area contributed by atoms with Gasteiger partial charge >= 0.3 is 0 Å². The van der Waals surface area contributed by atoms with Gasteiger partial charge in [-0.25, -0.2) is 0 Å². The number of aromatic amines is 1. The number of benzene rings is 1. The summed E-state index contributed by atoms with van der Waals surface area (Å²) in [6, 6.07) is 6.61. The molecule has 0 saturated heterocycles. The van der Waals surface area contributed by atoms with Gasteiger partial charge in [-0.3, -0.25) is 14.7 Å². The molecule has 26 heavy (non-hydrogen) atoms. The van der Waals surface area contributed by atoms with Gasteiger partial charge in [-0.05, 0) is 43.5 Å². The molecule has 0 aliphatic heterocycles. The Labute approximate surface area is 161 Å². The highest BCUT2D eigenvalue weighted by molar-refractivity contribution is 6.36. The lowest BCUT2D eigenvalue weighted by atomic mass is 10.2. The summed E-state index contributed by atoms with van der Waals surface area (Å²) in [5.41, 5.74) is 1.79. The molecule has 138 valence electrons. The fourth-order valence-corrected chi connectivity index (χ4v) is 3.14. The van der Waals surface area contributed by atoms with Crippen LogP contribution in [0.25, 0.3) is 0 Å². The average Bonchev–Trinajstić information content (AvgIpc) is 3.33. The van der Waals surface area contributed by atoms with E-state index in [9.17, 15) is 9.59 Å². The summed E-state index contributed by atoms with van der Waals surface area (Å²) >= 11 is 11.9. The van der Waals surface area contributed by atoms with E-state index in [-0.39, 0.29) is 18.4 Å². The minimum atomic E-state index is -0.325. The van der Waals surface area contributed by atoms with E-state index in [1.54, 1.807) is 24.3 Å². The molecule has 0 unspecified atom stereocenters. The molecule has 2 amide bonds. The van der Waals surface area contributed by atoms with E-state index in [4.69, 9.17) is 23.2 Å². The number of hydrogen-bond donors (Lipinski definition) is 2. The number of H-pyrrole nitrogens is 1. The van der Waals surface area contributed by atoms with Crippen LogP contribution in [-0.2, 0) is 4.79 Å². The third kappa shape index (κ3) is 4.56. The van der Waals surface area contributed by atoms with Crippen molar-refractivity contribution in [1.29, 1.82) is 0 Å². The van der Waals surface area contributed by atoms with Crippen molar-refractivity contribution >= 4 is 40.7 Å². The maximum Gasteiger partial charge on any atom is 0.274 e. The van der Waals surface area contributed by atoms with Crippen molar-refractivity contribution in [2.75, 3.05) is 18.4 Å². The number of nitrogens with one attached hydrogen (secondary N) is 2. The van der Waals surface area contributed by atoms with Gasteiger partial charge in [0.05, 0.1) is 10.7 Å². The van der Waals surface area contributed by atoms with Crippen LogP contribution in [0.5, 0.6) is 0 Å². The quantitative estimate of drug-likeness (QED) is 0.742. The van der Waals surface area contributed by atoms with Crippen LogP contribution in [0.4, 0.5) is 5.69 Å². The van der Waals surface area contributed by atoms with Crippen LogP contribution in [0.1, 0.15) is 48.3 Å². The monoisotopic (exact) mass is 394 g/mol. The van der Waals surface area contributed by atoms with E-state index in [1.165, 1.54) is 4.90 Å². The van der Waals surface area contributed by atoms with Crippen LogP contribution >= 0.6 is 23.2 Å². The number of rotatable bonds is 7. The van der Waals surface area contributed by atoms with Crippen molar-refractivity contribution in [2.24, 2.45) is 0 Å². The molecule has 1 aromatic carbocycles. The predicted molar refractivity (Wildman–Crippen MR) is 102 cm³/mol. The molecule has 0 radical (unpaired) electrons. The van der Waals surface area contributed by atoms with E-state index in [1.807, 2.05) is 6.92 Å². The van der Waals surface area contributed by atoms with Crippen molar-refractivity contribution < 1.29 is 9.59 Å². The number of nitrogens with zero attached hydrogens (tertiary/aromatic N) is 2. The number of aromatic nitrogens is 2. The zero-order chi connectivity index (χ0) is 18.7. The molecule has 0 atom stereocenters. The van der Waals surface area contributed by atoms with Crippen molar-refractivity contribution in [3.8, 4) is 0 Å². The van der Waals surface area contributed by atoms with Crippen LogP contribution in [0, 0.1) is 0 Å². The molecule has 8 heteroatoms. The maximum absolute atomic E-state index is 12.7. The Morgan fingerprint density at radius 2 is 2.08 bits per heavy atom. The highest BCUT2D eigenvalue weighted by atomic mass is 35.5. The summed E-state index contributed by atoms with van der Waals surface area (Å²) in [6.45, 7) is 2.35. The van der Waals surface area contributed by atoms with Crippen molar-refractivity contribution in [2.45, 2.75) is 32.1 Å². The second-order valence-corrected chi connectivity index (χ2v) is 7.23. The summed E-state index contributed by atoms with van der Waals surface area (Å²) in [4.78, 5) is 26.6. The fourth-order valence-electron chi connectivity index (χ4n) is 2.69. The van der Waals surface area contributed by atoms with Gasteiger partial charge in [0.15, 0.2) is 0 Å². The molecule has 3 rings (SSSR count). The summed E-state index contributed by atoms with van der Waals surface area (Å²) in [6.07, 6.45) is 2.98. The topological polar surface area (TPSA) is 78.1 Å². The van der Waals surface area contributed by atoms with Crippen LogP contribution in [-0.4, -0.2) is 40.0 Å². The zero-order valence-electron chi connectivity index (χ0n) is 14.4. The fraction of sp³-hybridized carbons (Fsp3) is 0.389. The van der Waals surface area contributed by atoms with E-state index in [0.717, 1.165) is 25.0 Å². The van der Waals surface area contributed by atoms with Crippen molar-refractivity contribution in [3.05, 3.63) is 45.7 Å². The molecule has 0 bridgehead atoms. The van der Waals surface area contributed by atoms with Gasteiger partial charge in [-0.2, -0.15) is 5.10 Å². The molecular formula is C18H20Cl2N4O2. The lowest BCUT2D eigenvalue weighted by Crippen LogP contribution is -2.38. The smallest absolute Gasteiger partial charge is 0.274 e. The second-order valence-electron chi connectivity index (χ2n) is 6.38. The normalized spacial score (nSPS) is 13.5. The lowest BCUT2D eigenvalue weighted by molar-refractivity contribution is -0.116. The van der Waals surface area contributed by atoms with Crippen molar-refractivity contribution in [1.82, 2.24) is 15.1 Å². The highest BCUT2D eigenvalue weighted by Crippen LogP contribution is 2.39. The molecule has 2 aromatic rings. The van der Waals surface area contributed by atoms with Crippen LogP contribution in [0.3, 0.4) is 0 Å². The summed E-state index contributed by atoms with van der Waals surface area (Å²) < 4.78 is 0. The Balaban J connectivity index is 1.66. The molecule has 1 aromatic heterocycles. The molecule has 1 fully saturated rings. The molecule has 1 aliphatic carbocycles. The first-order chi connectivity index (χ1) is 12.5. The number of halogens is 2. The Morgan fingerprint density at radius 1 is 1.31 bits per heavy atom. The Morgan fingerprint density at radius 3 is 2.73 bits per heavy atom. The third-order valence-corrected chi connectivity index (χ3v) is 4.70. The minimum Gasteiger partial charge on any atom is -0.328 e. The summed E-state index contributed by atoms with van der Waals surface area (Å²) in [5.74, 6) is -0.0969. The van der Waals surface area contributed by atoms with E-state index in [2.05, 4.69) is 15.5 Å². The largest absolute Gasteiger partial charge is 0.328 e. The Bertz CT molecular complexity index is 817. The summed E-state index contributed by atoms with van der Waals surface area (Å²) in [5, 5.41) is 10.6. The molecule has 1 saturated carbocycles. The van der Waals surface area contributed by atoms with Gasteiger partial charge in [-0.1, -0.05) is 30.1 Å². The van der Waals surface area contributed by atoms with Gasteiger partial charge < -0.3 is 10.2 Å². The molecule has 6 nitrogen and oxygen atoms in total. The van der Waals surface area contributed by atoms with Gasteiger partial charge in [0, 0.05) is 23.2 Å². The number of anilines is 1. The van der Waals surface area contributed by atoms with Gasteiger partial charge in [-0.15, -0.1) is 0 Å². The summed E-state index contributed by atoms with van der Waals surface area (Å²) in [7, 11) is 0. The third-order valence-electron chi connectivity index (χ3n) is 4.15.